The van der Waals surface area contributed by atoms with E-state index in [1.165, 1.54) is 4.90 Å². The second kappa shape index (κ2) is 7.90. The van der Waals surface area contributed by atoms with Gasteiger partial charge in [-0.15, -0.1) is 0 Å². The lowest BCUT2D eigenvalue weighted by molar-refractivity contribution is -0.120. The van der Waals surface area contributed by atoms with Crippen LogP contribution in [0.1, 0.15) is 32.8 Å². The highest BCUT2D eigenvalue weighted by Crippen LogP contribution is 2.31. The molecule has 0 saturated heterocycles. The van der Waals surface area contributed by atoms with Crippen LogP contribution in [-0.2, 0) is 6.54 Å². The van der Waals surface area contributed by atoms with Crippen molar-refractivity contribution in [2.24, 2.45) is 0 Å². The monoisotopic (exact) mass is 322 g/mol. The molecule has 0 aliphatic heterocycles. The van der Waals surface area contributed by atoms with E-state index in [2.05, 4.69) is 5.32 Å². The smallest absolute Gasteiger partial charge is 0.360 e. The molecule has 0 unspecified atom stereocenters. The quantitative estimate of drug-likeness (QED) is 0.737. The van der Waals surface area contributed by atoms with Gasteiger partial charge >= 0.3 is 6.18 Å². The minimum atomic E-state index is -4.25. The normalized spacial score (nSPS) is 12.0. The van der Waals surface area contributed by atoms with Crippen molar-refractivity contribution in [1.82, 2.24) is 5.32 Å². The molecule has 0 aliphatic rings. The predicted octanol–water partition coefficient (Wildman–Crippen LogP) is 4.62. The number of hydrogen-bond acceptors (Lipinski definition) is 2. The molecule has 0 fully saturated rings. The molecule has 0 atom stereocenters. The van der Waals surface area contributed by atoms with Crippen LogP contribution in [0.5, 0.6) is 0 Å². The summed E-state index contributed by atoms with van der Waals surface area (Å²) in [5.74, 6) is 0. The molecule has 1 aromatic rings. The van der Waals surface area contributed by atoms with Crippen molar-refractivity contribution in [3.63, 3.8) is 0 Å². The van der Waals surface area contributed by atoms with Crippen LogP contribution in [0.4, 0.5) is 18.9 Å². The topological polar surface area (TPSA) is 15.3 Å². The van der Waals surface area contributed by atoms with Gasteiger partial charge in [-0.25, -0.2) is 0 Å². The van der Waals surface area contributed by atoms with Gasteiger partial charge in [0.25, 0.3) is 0 Å². The van der Waals surface area contributed by atoms with Gasteiger partial charge in [-0.2, -0.15) is 13.2 Å². The van der Waals surface area contributed by atoms with Gasteiger partial charge in [-0.05, 0) is 38.9 Å². The zero-order valence-corrected chi connectivity index (χ0v) is 13.4. The van der Waals surface area contributed by atoms with Crippen molar-refractivity contribution in [2.75, 3.05) is 18.0 Å². The maximum atomic E-state index is 12.8. The summed E-state index contributed by atoms with van der Waals surface area (Å²) in [7, 11) is 0. The molecule has 0 aliphatic carbocycles. The van der Waals surface area contributed by atoms with Crippen molar-refractivity contribution in [3.05, 3.63) is 28.8 Å². The predicted molar refractivity (Wildman–Crippen MR) is 82.0 cm³/mol. The minimum absolute atomic E-state index is 0.269. The summed E-state index contributed by atoms with van der Waals surface area (Å²) in [6, 6.07) is 4.82. The zero-order chi connectivity index (χ0) is 16.0. The molecule has 0 heterocycles. The first kappa shape index (κ1) is 18.1. The van der Waals surface area contributed by atoms with Crippen LogP contribution in [0.25, 0.3) is 0 Å². The first-order valence-corrected chi connectivity index (χ1v) is 7.45. The number of hydrogen-bond donors (Lipinski definition) is 1. The van der Waals surface area contributed by atoms with Crippen LogP contribution >= 0.6 is 11.6 Å². The molecule has 0 saturated carbocycles. The van der Waals surface area contributed by atoms with E-state index in [-0.39, 0.29) is 6.04 Å². The SMILES string of the molecule is CCCNCc1c(Cl)cccc1N(CC(F)(F)F)C(C)C. The number of halogens is 4. The minimum Gasteiger partial charge on any atom is -0.360 e. The zero-order valence-electron chi connectivity index (χ0n) is 12.6. The van der Waals surface area contributed by atoms with E-state index in [1.54, 1.807) is 32.0 Å². The van der Waals surface area contributed by atoms with Crippen LogP contribution in [0, 0.1) is 0 Å². The maximum Gasteiger partial charge on any atom is 0.405 e. The highest BCUT2D eigenvalue weighted by Gasteiger charge is 2.33. The molecule has 2 nitrogen and oxygen atoms in total. The Labute approximate surface area is 129 Å². The Bertz CT molecular complexity index is 447. The van der Waals surface area contributed by atoms with Gasteiger partial charge in [0.15, 0.2) is 0 Å². The average molecular weight is 323 g/mol. The molecule has 1 rings (SSSR count). The highest BCUT2D eigenvalue weighted by atomic mass is 35.5. The van der Waals surface area contributed by atoms with Crippen molar-refractivity contribution >= 4 is 17.3 Å². The second-order valence-electron chi connectivity index (χ2n) is 5.25. The summed E-state index contributed by atoms with van der Waals surface area (Å²) in [4.78, 5) is 1.34. The maximum absolute atomic E-state index is 12.8. The van der Waals surface area contributed by atoms with Crippen LogP contribution in [0.3, 0.4) is 0 Å². The van der Waals surface area contributed by atoms with Crippen molar-refractivity contribution in [3.8, 4) is 0 Å². The fourth-order valence-electron chi connectivity index (χ4n) is 2.12. The van der Waals surface area contributed by atoms with Crippen LogP contribution in [-0.4, -0.2) is 25.3 Å². The van der Waals surface area contributed by atoms with Gasteiger partial charge in [-0.1, -0.05) is 24.6 Å². The number of nitrogens with one attached hydrogen (secondary N) is 1. The standard InChI is InChI=1S/C15H22ClF3N2/c1-4-8-20-9-12-13(16)6-5-7-14(12)21(11(2)3)10-15(17,18)19/h5-7,11,20H,4,8-10H2,1-3H3. The van der Waals surface area contributed by atoms with Gasteiger partial charge in [0.2, 0.25) is 0 Å². The van der Waals surface area contributed by atoms with E-state index in [1.807, 2.05) is 6.92 Å². The first-order valence-electron chi connectivity index (χ1n) is 7.07. The molecule has 0 amide bonds. The third-order valence-corrected chi connectivity index (χ3v) is 3.46. The number of benzene rings is 1. The summed E-state index contributed by atoms with van der Waals surface area (Å²) in [6.45, 7) is 5.80. The van der Waals surface area contributed by atoms with E-state index in [9.17, 15) is 13.2 Å². The summed E-state index contributed by atoms with van der Waals surface area (Å²) < 4.78 is 38.4. The molecule has 0 spiro atoms. The van der Waals surface area contributed by atoms with E-state index >= 15 is 0 Å². The Morgan fingerprint density at radius 1 is 1.29 bits per heavy atom. The summed E-state index contributed by atoms with van der Waals surface area (Å²) in [5, 5.41) is 3.69. The van der Waals surface area contributed by atoms with Crippen LogP contribution in [0.15, 0.2) is 18.2 Å². The number of nitrogens with zero attached hydrogens (tertiary/aromatic N) is 1. The van der Waals surface area contributed by atoms with Gasteiger partial charge < -0.3 is 10.2 Å². The number of alkyl halides is 3. The number of rotatable bonds is 7. The molecular weight excluding hydrogens is 301 g/mol. The molecule has 1 aromatic carbocycles. The highest BCUT2D eigenvalue weighted by molar-refractivity contribution is 6.31. The Kier molecular flexibility index (Phi) is 6.81. The third kappa shape index (κ3) is 5.75. The molecule has 120 valence electrons. The molecule has 6 heteroatoms. The fraction of sp³-hybridized carbons (Fsp3) is 0.600. The summed E-state index contributed by atoms with van der Waals surface area (Å²) in [6.07, 6.45) is -3.29. The lowest BCUT2D eigenvalue weighted by atomic mass is 10.1. The van der Waals surface area contributed by atoms with Crippen LogP contribution in [0.2, 0.25) is 5.02 Å². The molecule has 21 heavy (non-hydrogen) atoms. The number of anilines is 1. The largest absolute Gasteiger partial charge is 0.405 e. The van der Waals surface area contributed by atoms with Gasteiger partial charge in [-0.3, -0.25) is 0 Å². The van der Waals surface area contributed by atoms with Crippen molar-refractivity contribution in [2.45, 2.75) is 46.0 Å². The third-order valence-electron chi connectivity index (χ3n) is 3.11. The van der Waals surface area contributed by atoms with Gasteiger partial charge in [0, 0.05) is 28.9 Å². The fourth-order valence-corrected chi connectivity index (χ4v) is 2.36. The molecular formula is C15H22ClF3N2. The lowest BCUT2D eigenvalue weighted by Crippen LogP contribution is -2.40. The Hall–Kier alpha value is -0.940. The molecule has 0 aromatic heterocycles. The van der Waals surface area contributed by atoms with E-state index < -0.39 is 12.7 Å². The van der Waals surface area contributed by atoms with Crippen molar-refractivity contribution in [1.29, 1.82) is 0 Å². The Balaban J connectivity index is 3.09. The van der Waals surface area contributed by atoms with Gasteiger partial charge in [0.05, 0.1) is 0 Å². The average Bonchev–Trinajstić information content (AvgIpc) is 2.37. The lowest BCUT2D eigenvalue weighted by Gasteiger charge is -2.32. The second-order valence-corrected chi connectivity index (χ2v) is 5.66. The molecule has 0 bridgehead atoms. The molecule has 1 N–H and O–H groups in total. The van der Waals surface area contributed by atoms with Crippen LogP contribution < -0.4 is 10.2 Å². The summed E-state index contributed by atoms with van der Waals surface area (Å²) in [5.41, 5.74) is 1.25. The van der Waals surface area contributed by atoms with E-state index in [0.717, 1.165) is 13.0 Å². The first-order chi connectivity index (χ1) is 9.76. The van der Waals surface area contributed by atoms with E-state index in [4.69, 9.17) is 11.6 Å². The summed E-state index contributed by atoms with van der Waals surface area (Å²) >= 11 is 6.18. The van der Waals surface area contributed by atoms with E-state index in [0.29, 0.717) is 22.8 Å². The molecule has 0 radical (unpaired) electrons. The Morgan fingerprint density at radius 3 is 2.48 bits per heavy atom. The Morgan fingerprint density at radius 2 is 1.95 bits per heavy atom. The van der Waals surface area contributed by atoms with Crippen molar-refractivity contribution < 1.29 is 13.2 Å². The van der Waals surface area contributed by atoms with Gasteiger partial charge in [0.1, 0.15) is 6.54 Å².